The number of carboxylic acids is 1. The monoisotopic (exact) mass is 271 g/mol. The lowest BCUT2D eigenvalue weighted by Gasteiger charge is -2.08. The maximum atomic E-state index is 10.8. The van der Waals surface area contributed by atoms with Gasteiger partial charge in [0, 0.05) is 12.1 Å². The molecule has 1 N–H and O–H groups in total. The third kappa shape index (κ3) is 3.74. The van der Waals surface area contributed by atoms with Gasteiger partial charge in [-0.3, -0.25) is 10.1 Å². The van der Waals surface area contributed by atoms with Gasteiger partial charge >= 0.3 is 11.7 Å². The minimum atomic E-state index is -1.11. The van der Waals surface area contributed by atoms with Crippen LogP contribution in [0, 0.1) is 10.1 Å². The number of rotatable bonds is 5. The molecule has 1 aromatic carbocycles. The summed E-state index contributed by atoms with van der Waals surface area (Å²) in [4.78, 5) is 20.5. The molecule has 0 amide bonds. The van der Waals surface area contributed by atoms with Gasteiger partial charge in [-0.15, -0.1) is 0 Å². The smallest absolute Gasteiger partial charge is 0.328 e. The molecule has 0 aliphatic carbocycles. The number of hydrogen-bond donors (Lipinski definition) is 1. The lowest BCUT2D eigenvalue weighted by molar-refractivity contribution is -0.385. The highest BCUT2D eigenvalue weighted by molar-refractivity contribution is 6.32. The van der Waals surface area contributed by atoms with Crippen molar-refractivity contribution in [1.82, 2.24) is 0 Å². The fraction of sp³-hybridized carbons (Fsp3) is 0.182. The van der Waals surface area contributed by atoms with E-state index in [1.165, 1.54) is 25.1 Å². The molecule has 0 aromatic heterocycles. The van der Waals surface area contributed by atoms with E-state index in [2.05, 4.69) is 0 Å². The Balaban J connectivity index is 2.91. The van der Waals surface area contributed by atoms with Gasteiger partial charge in [0.2, 0.25) is 5.75 Å². The Hall–Kier alpha value is -2.08. The first-order chi connectivity index (χ1) is 8.41. The molecule has 96 valence electrons. The maximum Gasteiger partial charge on any atom is 0.328 e. The lowest BCUT2D eigenvalue weighted by Crippen LogP contribution is -2.04. The summed E-state index contributed by atoms with van der Waals surface area (Å²) in [5.74, 6) is -1.17. The van der Waals surface area contributed by atoms with Crippen molar-refractivity contribution in [2.75, 3.05) is 6.61 Å². The first-order valence-electron chi connectivity index (χ1n) is 4.87. The quantitative estimate of drug-likeness (QED) is 0.505. The fourth-order valence-corrected chi connectivity index (χ4v) is 1.45. The Kier molecular flexibility index (Phi) is 4.67. The number of aliphatic carboxylic acids is 1. The summed E-state index contributed by atoms with van der Waals surface area (Å²) >= 11 is 5.80. The number of carbonyl (C=O) groups is 1. The highest BCUT2D eigenvalue weighted by atomic mass is 35.5. The molecular formula is C11H10ClNO5. The number of halogens is 1. The molecule has 1 rings (SSSR count). The van der Waals surface area contributed by atoms with E-state index in [0.717, 1.165) is 6.08 Å². The van der Waals surface area contributed by atoms with E-state index in [1.54, 1.807) is 0 Å². The van der Waals surface area contributed by atoms with Gasteiger partial charge in [-0.1, -0.05) is 17.7 Å². The summed E-state index contributed by atoms with van der Waals surface area (Å²) < 4.78 is 5.19. The number of hydrogen-bond acceptors (Lipinski definition) is 4. The van der Waals surface area contributed by atoms with Crippen LogP contribution >= 0.6 is 11.6 Å². The Labute approximate surface area is 108 Å². The molecule has 7 heteroatoms. The van der Waals surface area contributed by atoms with Gasteiger partial charge in [0.15, 0.2) is 0 Å². The van der Waals surface area contributed by atoms with Crippen LogP contribution in [0.1, 0.15) is 6.92 Å². The van der Waals surface area contributed by atoms with Crippen molar-refractivity contribution in [2.24, 2.45) is 0 Å². The van der Waals surface area contributed by atoms with Gasteiger partial charge in [0.25, 0.3) is 0 Å². The average Bonchev–Trinajstić information content (AvgIpc) is 2.25. The van der Waals surface area contributed by atoms with Gasteiger partial charge in [0.1, 0.15) is 6.61 Å². The highest BCUT2D eigenvalue weighted by Gasteiger charge is 2.18. The van der Waals surface area contributed by atoms with Crippen LogP contribution < -0.4 is 4.74 Å². The summed E-state index contributed by atoms with van der Waals surface area (Å²) in [5, 5.41) is 19.4. The normalized spacial score (nSPS) is 11.1. The summed E-state index contributed by atoms with van der Waals surface area (Å²) in [6, 6.07) is 4.16. The first-order valence-corrected chi connectivity index (χ1v) is 5.25. The van der Waals surface area contributed by atoms with E-state index in [9.17, 15) is 14.9 Å². The zero-order valence-electron chi connectivity index (χ0n) is 9.42. The van der Waals surface area contributed by atoms with Crippen LogP contribution in [0.4, 0.5) is 5.69 Å². The molecule has 0 atom stereocenters. The van der Waals surface area contributed by atoms with E-state index in [-0.39, 0.29) is 23.1 Å². The Bertz CT molecular complexity index is 512. The average molecular weight is 272 g/mol. The second kappa shape index (κ2) is 6.02. The molecule has 0 aliphatic heterocycles. The van der Waals surface area contributed by atoms with Gasteiger partial charge in [-0.25, -0.2) is 4.79 Å². The SMILES string of the molecule is C/C(=C/C(=O)O)COc1c(Cl)cccc1[N+](=O)[O-]. The first kappa shape index (κ1) is 14.0. The number of nitrogens with zero attached hydrogens (tertiary/aromatic N) is 1. The van der Waals surface area contributed by atoms with Crippen LogP contribution in [-0.2, 0) is 4.79 Å². The van der Waals surface area contributed by atoms with Crippen LogP contribution in [0.25, 0.3) is 0 Å². The zero-order valence-corrected chi connectivity index (χ0v) is 10.2. The van der Waals surface area contributed by atoms with Gasteiger partial charge < -0.3 is 9.84 Å². The summed E-state index contributed by atoms with van der Waals surface area (Å²) in [5.41, 5.74) is 0.155. The number of ether oxygens (including phenoxy) is 1. The van der Waals surface area contributed by atoms with E-state index >= 15 is 0 Å². The minimum absolute atomic E-state index is 0.0673. The number of carboxylic acid groups (broad SMARTS) is 1. The topological polar surface area (TPSA) is 89.7 Å². The van der Waals surface area contributed by atoms with Crippen molar-refractivity contribution in [2.45, 2.75) is 6.92 Å². The molecule has 0 saturated heterocycles. The zero-order chi connectivity index (χ0) is 13.7. The van der Waals surface area contributed by atoms with Crippen LogP contribution in [0.3, 0.4) is 0 Å². The van der Waals surface area contributed by atoms with Crippen molar-refractivity contribution in [3.63, 3.8) is 0 Å². The molecule has 0 saturated carbocycles. The molecule has 0 bridgehead atoms. The summed E-state index contributed by atoms with van der Waals surface area (Å²) in [6.45, 7) is 1.45. The van der Waals surface area contributed by atoms with Crippen molar-refractivity contribution in [3.8, 4) is 5.75 Å². The fourth-order valence-electron chi connectivity index (χ4n) is 1.22. The molecule has 0 spiro atoms. The summed E-state index contributed by atoms with van der Waals surface area (Å²) in [7, 11) is 0. The van der Waals surface area contributed by atoms with Crippen molar-refractivity contribution >= 4 is 23.3 Å². The van der Waals surface area contributed by atoms with Crippen molar-refractivity contribution in [3.05, 3.63) is 45.0 Å². The molecule has 0 radical (unpaired) electrons. The van der Waals surface area contributed by atoms with E-state index in [4.69, 9.17) is 21.4 Å². The molecule has 0 aliphatic rings. The molecule has 1 aromatic rings. The Morgan fingerprint density at radius 3 is 2.83 bits per heavy atom. The molecule has 18 heavy (non-hydrogen) atoms. The maximum absolute atomic E-state index is 10.8. The minimum Gasteiger partial charge on any atom is -0.481 e. The van der Waals surface area contributed by atoms with E-state index in [0.29, 0.717) is 5.57 Å². The molecule has 0 unspecified atom stereocenters. The number of nitro benzene ring substituents is 1. The van der Waals surface area contributed by atoms with Crippen LogP contribution in [0.2, 0.25) is 5.02 Å². The van der Waals surface area contributed by atoms with Crippen molar-refractivity contribution < 1.29 is 19.6 Å². The molecular weight excluding hydrogens is 262 g/mol. The molecule has 0 heterocycles. The highest BCUT2D eigenvalue weighted by Crippen LogP contribution is 2.34. The second-order valence-corrected chi connectivity index (χ2v) is 3.87. The lowest BCUT2D eigenvalue weighted by atomic mass is 10.3. The number of para-hydroxylation sites is 1. The van der Waals surface area contributed by atoms with Crippen LogP contribution in [0.15, 0.2) is 29.8 Å². The molecule has 0 fully saturated rings. The third-order valence-corrected chi connectivity index (χ3v) is 2.25. The number of nitro groups is 1. The number of benzene rings is 1. The van der Waals surface area contributed by atoms with Gasteiger partial charge in [-0.2, -0.15) is 0 Å². The van der Waals surface area contributed by atoms with Crippen LogP contribution in [0.5, 0.6) is 5.75 Å². The predicted molar refractivity (Wildman–Crippen MR) is 65.0 cm³/mol. The molecule has 6 nitrogen and oxygen atoms in total. The predicted octanol–water partition coefficient (Wildman–Crippen LogP) is 2.66. The second-order valence-electron chi connectivity index (χ2n) is 3.46. The third-order valence-electron chi connectivity index (χ3n) is 1.96. The van der Waals surface area contributed by atoms with Crippen molar-refractivity contribution in [1.29, 1.82) is 0 Å². The van der Waals surface area contributed by atoms with Crippen LogP contribution in [-0.4, -0.2) is 22.6 Å². The van der Waals surface area contributed by atoms with E-state index < -0.39 is 10.9 Å². The largest absolute Gasteiger partial charge is 0.481 e. The van der Waals surface area contributed by atoms with E-state index in [1.807, 2.05) is 0 Å². The van der Waals surface area contributed by atoms with Gasteiger partial charge in [-0.05, 0) is 18.6 Å². The Morgan fingerprint density at radius 2 is 2.28 bits per heavy atom. The standard InChI is InChI=1S/C11H10ClNO5/c1-7(5-10(14)15)6-18-11-8(12)3-2-4-9(11)13(16)17/h2-5H,6H2,1H3,(H,14,15)/b7-5-. The van der Waals surface area contributed by atoms with Gasteiger partial charge in [0.05, 0.1) is 9.95 Å². The Morgan fingerprint density at radius 1 is 1.61 bits per heavy atom. The summed E-state index contributed by atoms with van der Waals surface area (Å²) in [6.07, 6.45) is 0.961.